The summed E-state index contributed by atoms with van der Waals surface area (Å²) in [5.74, 6) is -14.5. The van der Waals surface area contributed by atoms with Gasteiger partial charge in [0.25, 0.3) is 28.9 Å². The molecule has 3 saturated heterocycles. The number of alkyl halides is 6. The van der Waals surface area contributed by atoms with Gasteiger partial charge in [-0.25, -0.2) is 31.9 Å². The van der Waals surface area contributed by atoms with Gasteiger partial charge in [-0.3, -0.25) is 38.1 Å². The first kappa shape index (κ1) is 54.2. The molecule has 3 aliphatic heterocycles. The predicted molar refractivity (Wildman–Crippen MR) is 228 cm³/mol. The number of halogens is 6. The number of benzene rings is 1. The van der Waals surface area contributed by atoms with Crippen LogP contribution in [0, 0.1) is 11.8 Å². The van der Waals surface area contributed by atoms with Gasteiger partial charge in [-0.05, 0) is 47.6 Å². The number of aromatic nitrogens is 6. The maximum atomic E-state index is 14.8. The van der Waals surface area contributed by atoms with Crippen LogP contribution in [0.5, 0.6) is 0 Å². The Morgan fingerprint density at radius 2 is 1.10 bits per heavy atom. The third kappa shape index (κ3) is 10.1. The molecule has 0 saturated carbocycles. The maximum Gasteiger partial charge on any atom is 0.351 e. The molecule has 0 spiro atoms. The standard InChI is InChI=1S/C18H18F2N6O3.C11H13F2N5O3.C9H9F2N5O5/c1-3-17(24-25-21)11(2)18(19,20)15(29-17)26-10-9-13(23-16(26)28)22-14(27)12-7-5-4-6-8-12;1-3-10(16-17-14)6(2)11(12,13)8(21-10)18-5-4-7(19)15-9(18)20;10-9(11)5(19)8(3-17,14-15-12)21-6(9)16-2-1-4(18)13-7(16)20/h4-11,15H,3H2,1-2H3,(H,22,23,27,28);4-6,8H,3H2,1-2H3,(H,15,19,20);1-2,5-6,17,19H,3H2,(H,13,18,20)/t11-,15-,17-;6-,8-,10-;5-,6-,8-/m111/s1. The number of nitrogens with one attached hydrogen (secondary N) is 3. The van der Waals surface area contributed by atoms with Crippen molar-refractivity contribution < 1.29 is 55.6 Å². The number of hydrogen-bond acceptors (Lipinski definition) is 15. The molecule has 0 unspecified atom stereocenters. The zero-order valence-electron chi connectivity index (χ0n) is 37.1. The number of anilines is 1. The number of hydrogen-bond donors (Lipinski definition) is 5. The minimum Gasteiger partial charge on any atom is -0.393 e. The largest absolute Gasteiger partial charge is 0.393 e. The van der Waals surface area contributed by atoms with E-state index in [0.29, 0.717) is 19.3 Å². The summed E-state index contributed by atoms with van der Waals surface area (Å²) in [6.45, 7) is 4.24. The molecule has 71 heavy (non-hydrogen) atoms. The number of azide groups is 3. The monoisotopic (exact) mass is 1010 g/mol. The van der Waals surface area contributed by atoms with Gasteiger partial charge in [0.05, 0.1) is 18.4 Å². The Morgan fingerprint density at radius 3 is 1.51 bits per heavy atom. The molecule has 9 atom stereocenters. The van der Waals surface area contributed by atoms with Gasteiger partial charge >= 0.3 is 23.0 Å². The molecule has 3 aliphatic rings. The molecule has 5 N–H and O–H groups in total. The highest BCUT2D eigenvalue weighted by Gasteiger charge is 2.68. The van der Waals surface area contributed by atoms with E-state index >= 15 is 0 Å². The normalized spacial score (nSPS) is 28.6. The highest BCUT2D eigenvalue weighted by atomic mass is 19.3. The van der Waals surface area contributed by atoms with Gasteiger partial charge < -0.3 is 29.7 Å². The van der Waals surface area contributed by atoms with Crippen LogP contribution in [0.2, 0.25) is 0 Å². The van der Waals surface area contributed by atoms with E-state index in [4.69, 9.17) is 35.9 Å². The lowest BCUT2D eigenvalue weighted by Gasteiger charge is -2.25. The lowest BCUT2D eigenvalue weighted by Crippen LogP contribution is -2.47. The fourth-order valence-corrected chi connectivity index (χ4v) is 7.54. The van der Waals surface area contributed by atoms with E-state index in [0.717, 1.165) is 30.7 Å². The molecule has 1 amide bonds. The summed E-state index contributed by atoms with van der Waals surface area (Å²) >= 11 is 0. The second kappa shape index (κ2) is 20.7. The van der Waals surface area contributed by atoms with Crippen LogP contribution in [-0.4, -0.2) is 92.4 Å². The van der Waals surface area contributed by atoms with E-state index in [1.54, 1.807) is 49.2 Å². The van der Waals surface area contributed by atoms with E-state index in [9.17, 15) is 60.2 Å². The van der Waals surface area contributed by atoms with Crippen molar-refractivity contribution in [2.45, 2.75) is 100 Å². The van der Waals surface area contributed by atoms with Crippen molar-refractivity contribution in [3.63, 3.8) is 0 Å². The second-order valence-electron chi connectivity index (χ2n) is 15.6. The quantitative estimate of drug-likeness (QED) is 0.0599. The molecule has 1 aromatic carbocycles. The highest BCUT2D eigenvalue weighted by molar-refractivity contribution is 6.03. The number of carbonyl (C=O) groups excluding carboxylic acids is 1. The fraction of sp³-hybridized carbons (Fsp3) is 0.500. The molecule has 33 heteroatoms. The second-order valence-corrected chi connectivity index (χ2v) is 15.6. The van der Waals surface area contributed by atoms with Gasteiger partial charge in [0, 0.05) is 51.0 Å². The van der Waals surface area contributed by atoms with Gasteiger partial charge in [-0.2, -0.15) is 13.8 Å². The van der Waals surface area contributed by atoms with E-state index in [1.165, 1.54) is 19.9 Å². The zero-order chi connectivity index (χ0) is 52.9. The molecule has 6 heterocycles. The molecule has 4 aromatic rings. The Labute approximate surface area is 391 Å². The predicted octanol–water partition coefficient (Wildman–Crippen LogP) is 4.53. The summed E-state index contributed by atoms with van der Waals surface area (Å²) in [5.41, 5.74) is 15.0. The molecule has 0 bridgehead atoms. The van der Waals surface area contributed by atoms with Gasteiger partial charge in [-0.1, -0.05) is 61.2 Å². The smallest absolute Gasteiger partial charge is 0.351 e. The van der Waals surface area contributed by atoms with Crippen LogP contribution in [-0.2, 0) is 14.2 Å². The van der Waals surface area contributed by atoms with Crippen molar-refractivity contribution in [3.8, 4) is 0 Å². The van der Waals surface area contributed by atoms with E-state index in [2.05, 4.69) is 40.4 Å². The van der Waals surface area contributed by atoms with Crippen LogP contribution in [0.1, 0.15) is 69.6 Å². The average molecular weight is 1010 g/mol. The molecule has 3 fully saturated rings. The summed E-state index contributed by atoms with van der Waals surface area (Å²) in [6.07, 6.45) is -6.28. The lowest BCUT2D eigenvalue weighted by atomic mass is 9.92. The molecular formula is C38H40F6N16O11. The Hall–Kier alpha value is -7.76. The minimum absolute atomic E-state index is 0.00227. The van der Waals surface area contributed by atoms with Crippen molar-refractivity contribution in [2.24, 2.45) is 27.2 Å². The first-order valence-corrected chi connectivity index (χ1v) is 20.5. The number of rotatable bonds is 11. The molecule has 0 radical (unpaired) electrons. The summed E-state index contributed by atoms with van der Waals surface area (Å²) in [4.78, 5) is 84.3. The average Bonchev–Trinajstić information content (AvgIpc) is 3.75. The van der Waals surface area contributed by atoms with Gasteiger partial charge in [0.1, 0.15) is 5.82 Å². The molecule has 3 aromatic heterocycles. The summed E-state index contributed by atoms with van der Waals surface area (Å²) in [7, 11) is 0. The van der Waals surface area contributed by atoms with Crippen LogP contribution in [0.25, 0.3) is 31.3 Å². The molecule has 7 rings (SSSR count). The summed E-state index contributed by atoms with van der Waals surface area (Å²) in [6, 6.07) is 11.2. The molecular weight excluding hydrogens is 971 g/mol. The first-order valence-electron chi connectivity index (χ1n) is 20.5. The van der Waals surface area contributed by atoms with Crippen molar-refractivity contribution in [1.82, 2.24) is 28.7 Å². The van der Waals surface area contributed by atoms with Crippen LogP contribution in [0.3, 0.4) is 0 Å². The van der Waals surface area contributed by atoms with Gasteiger partial charge in [0.2, 0.25) is 24.4 Å². The third-order valence-corrected chi connectivity index (χ3v) is 11.7. The number of amides is 1. The van der Waals surface area contributed by atoms with Crippen molar-refractivity contribution in [1.29, 1.82) is 0 Å². The fourth-order valence-electron chi connectivity index (χ4n) is 7.54. The number of aromatic amines is 2. The third-order valence-electron chi connectivity index (χ3n) is 11.7. The molecule has 380 valence electrons. The van der Waals surface area contributed by atoms with Crippen molar-refractivity contribution >= 4 is 11.7 Å². The Kier molecular flexibility index (Phi) is 15.8. The number of aliphatic hydroxyl groups is 2. The maximum absolute atomic E-state index is 14.8. The Balaban J connectivity index is 0.000000202. The SMILES string of the molecule is CC[C@@]1(N=[N+]=[N-])O[C@@H](n2ccc(=O)[nH]c2=O)C(F)(F)[C@@H]1C.CC[C@@]1(N=[N+]=[N-])O[C@@H](n2ccc(NC(=O)c3ccccc3)nc2=O)C(F)(F)[C@@H]1C.[N-]=[N+]=N[C@]1(CO)O[C@@H](n2ccc(=O)[nH]c2=O)C(F)(F)[C@@H]1O. The molecule has 27 nitrogen and oxygen atoms in total. The minimum atomic E-state index is -4.06. The van der Waals surface area contributed by atoms with E-state index in [-0.39, 0.29) is 18.7 Å². The van der Waals surface area contributed by atoms with Crippen LogP contribution >= 0.6 is 0 Å². The first-order chi connectivity index (χ1) is 33.3. The van der Waals surface area contributed by atoms with Gasteiger partial charge in [-0.15, -0.1) is 0 Å². The Morgan fingerprint density at radius 1 is 0.690 bits per heavy atom. The topological polar surface area (TPSA) is 388 Å². The van der Waals surface area contributed by atoms with Crippen LogP contribution in [0.15, 0.2) is 106 Å². The van der Waals surface area contributed by atoms with E-state index < -0.39 is 112 Å². The lowest BCUT2D eigenvalue weighted by molar-refractivity contribution is -0.144. The van der Waals surface area contributed by atoms with Crippen LogP contribution in [0.4, 0.5) is 32.2 Å². The molecule has 0 aliphatic carbocycles. The summed E-state index contributed by atoms with van der Waals surface area (Å²) in [5, 5.41) is 30.8. The zero-order valence-corrected chi connectivity index (χ0v) is 37.1. The van der Waals surface area contributed by atoms with Gasteiger partial charge in [0.15, 0.2) is 17.6 Å². The highest BCUT2D eigenvalue weighted by Crippen LogP contribution is 2.55. The van der Waals surface area contributed by atoms with E-state index in [1.807, 2.05) is 4.98 Å². The number of aliphatic hydroxyl groups excluding tert-OH is 2. The Bertz CT molecular complexity index is 2960. The number of ether oxygens (including phenoxy) is 3. The van der Waals surface area contributed by atoms with Crippen molar-refractivity contribution in [2.75, 3.05) is 11.9 Å². The number of carbonyl (C=O) groups is 1. The van der Waals surface area contributed by atoms with Crippen LogP contribution < -0.4 is 33.5 Å². The number of nitrogens with zero attached hydrogens (tertiary/aromatic N) is 13. The summed E-state index contributed by atoms with van der Waals surface area (Å²) < 4.78 is 104. The number of H-pyrrole nitrogens is 2. The van der Waals surface area contributed by atoms with Crippen molar-refractivity contribution in [3.05, 3.63) is 156 Å².